The highest BCUT2D eigenvalue weighted by Gasteiger charge is 2.22. The molecule has 0 radical (unpaired) electrons. The lowest BCUT2D eigenvalue weighted by Crippen LogP contribution is -2.33. The second-order valence-corrected chi connectivity index (χ2v) is 7.57. The molecule has 1 heterocycles. The van der Waals surface area contributed by atoms with Crippen LogP contribution in [0.4, 0.5) is 5.69 Å². The highest BCUT2D eigenvalue weighted by molar-refractivity contribution is 7.59. The van der Waals surface area contributed by atoms with Crippen molar-refractivity contribution in [3.63, 3.8) is 0 Å². The fraction of sp³-hybridized carbons (Fsp3) is 0.375. The summed E-state index contributed by atoms with van der Waals surface area (Å²) in [4.78, 5) is 9.48. The Morgan fingerprint density at radius 3 is 2.52 bits per heavy atom. The van der Waals surface area contributed by atoms with Crippen molar-refractivity contribution in [2.45, 2.75) is 26.2 Å². The van der Waals surface area contributed by atoms with E-state index in [0.717, 1.165) is 55.3 Å². The summed E-state index contributed by atoms with van der Waals surface area (Å²) < 4.78 is 5.88. The predicted octanol–water partition coefficient (Wildman–Crippen LogP) is 4.93. The van der Waals surface area contributed by atoms with Gasteiger partial charge in [-0.2, -0.15) is 13.5 Å². The topological polar surface area (TPSA) is 28.1 Å². The van der Waals surface area contributed by atoms with Crippen molar-refractivity contribution in [2.24, 2.45) is 4.99 Å². The largest absolute Gasteiger partial charge is 0.493 e. The Labute approximate surface area is 182 Å². The summed E-state index contributed by atoms with van der Waals surface area (Å²) in [5.41, 5.74) is 4.74. The van der Waals surface area contributed by atoms with Gasteiger partial charge in [0.25, 0.3) is 0 Å². The minimum absolute atomic E-state index is 0. The van der Waals surface area contributed by atoms with Crippen LogP contribution in [0.3, 0.4) is 0 Å². The molecule has 0 saturated carbocycles. The highest BCUT2D eigenvalue weighted by Crippen LogP contribution is 2.32. The molecule has 0 spiro atoms. The first-order valence-corrected chi connectivity index (χ1v) is 9.98. The number of benzene rings is 2. The summed E-state index contributed by atoms with van der Waals surface area (Å²) >= 11 is 0. The number of rotatable bonds is 9. The van der Waals surface area contributed by atoms with Crippen LogP contribution in [-0.2, 0) is 6.42 Å². The Bertz CT molecular complexity index is 833. The Morgan fingerprint density at radius 2 is 1.83 bits per heavy atom. The van der Waals surface area contributed by atoms with Crippen LogP contribution in [-0.4, -0.2) is 49.4 Å². The minimum atomic E-state index is 0. The van der Waals surface area contributed by atoms with Crippen molar-refractivity contribution in [3.8, 4) is 5.75 Å². The molecule has 0 N–H and O–H groups in total. The van der Waals surface area contributed by atoms with Gasteiger partial charge in [0.2, 0.25) is 0 Å². The van der Waals surface area contributed by atoms with Crippen LogP contribution in [0.25, 0.3) is 0 Å². The molecular weight excluding hydrogens is 378 g/mol. The van der Waals surface area contributed by atoms with Crippen LogP contribution < -0.4 is 4.74 Å². The number of nitrogens with zero attached hydrogens (tertiary/aromatic N) is 3. The third kappa shape index (κ3) is 6.38. The van der Waals surface area contributed by atoms with E-state index in [1.165, 1.54) is 11.1 Å². The Morgan fingerprint density at radius 1 is 1.07 bits per heavy atom. The molecule has 0 saturated heterocycles. The average Bonchev–Trinajstić information content (AvgIpc) is 3.11. The van der Waals surface area contributed by atoms with Crippen LogP contribution in [0.5, 0.6) is 5.75 Å². The molecule has 4 nitrogen and oxygen atoms in total. The summed E-state index contributed by atoms with van der Waals surface area (Å²) in [7, 11) is 4.22. The van der Waals surface area contributed by atoms with Gasteiger partial charge in [-0.05, 0) is 57.2 Å². The predicted molar refractivity (Wildman–Crippen MR) is 128 cm³/mol. The van der Waals surface area contributed by atoms with Crippen molar-refractivity contribution in [2.75, 3.05) is 33.8 Å². The third-order valence-corrected chi connectivity index (χ3v) is 4.99. The maximum absolute atomic E-state index is 5.88. The molecule has 0 unspecified atom stereocenters. The summed E-state index contributed by atoms with van der Waals surface area (Å²) in [5, 5.41) is 0. The molecule has 2 aromatic carbocycles. The van der Waals surface area contributed by atoms with Gasteiger partial charge in [0.05, 0.1) is 12.3 Å². The number of amidine groups is 1. The second kappa shape index (κ2) is 11.1. The van der Waals surface area contributed by atoms with Crippen molar-refractivity contribution < 1.29 is 4.74 Å². The first-order valence-electron chi connectivity index (χ1n) is 9.98. The molecule has 0 aliphatic carbocycles. The molecular formula is C24H33N3OS. The quantitative estimate of drug-likeness (QED) is 0.586. The zero-order valence-corrected chi connectivity index (χ0v) is 18.8. The van der Waals surface area contributed by atoms with E-state index in [2.05, 4.69) is 55.6 Å². The maximum atomic E-state index is 5.88. The van der Waals surface area contributed by atoms with Crippen LogP contribution in [0.1, 0.15) is 24.0 Å². The zero-order valence-electron chi connectivity index (χ0n) is 17.8. The molecule has 3 rings (SSSR count). The van der Waals surface area contributed by atoms with E-state index in [-0.39, 0.29) is 13.5 Å². The molecule has 0 fully saturated rings. The lowest BCUT2D eigenvalue weighted by molar-refractivity contribution is 0.305. The Balaban J connectivity index is 0.00000300. The summed E-state index contributed by atoms with van der Waals surface area (Å²) in [6.07, 6.45) is 2.72. The number of aryl methyl sites for hydroxylation is 1. The molecule has 5 heteroatoms. The number of ether oxygens (including phenoxy) is 1. The smallest absolute Gasteiger partial charge is 0.119 e. The van der Waals surface area contributed by atoms with Crippen LogP contribution in [0.15, 0.2) is 65.8 Å². The van der Waals surface area contributed by atoms with Crippen molar-refractivity contribution in [3.05, 3.63) is 71.9 Å². The zero-order chi connectivity index (χ0) is 19.9. The molecule has 0 bridgehead atoms. The van der Waals surface area contributed by atoms with Crippen molar-refractivity contribution in [1.82, 2.24) is 9.80 Å². The number of hydrogen-bond donors (Lipinski definition) is 0. The van der Waals surface area contributed by atoms with E-state index < -0.39 is 0 Å². The van der Waals surface area contributed by atoms with E-state index in [1.54, 1.807) is 0 Å². The molecule has 0 amide bonds. The van der Waals surface area contributed by atoms with E-state index in [4.69, 9.17) is 9.73 Å². The number of hydrogen-bond acceptors (Lipinski definition) is 4. The first-order chi connectivity index (χ1) is 13.5. The SMILES string of the molecule is C=C(CCOc1ccccc1)N(CCCN(C)C)C1=Nc2c(C)cccc2C1.S. The second-order valence-electron chi connectivity index (χ2n) is 7.57. The lowest BCUT2D eigenvalue weighted by Gasteiger charge is -2.27. The van der Waals surface area contributed by atoms with Gasteiger partial charge in [0, 0.05) is 25.1 Å². The van der Waals surface area contributed by atoms with Crippen LogP contribution in [0.2, 0.25) is 0 Å². The monoisotopic (exact) mass is 411 g/mol. The van der Waals surface area contributed by atoms with Gasteiger partial charge in [-0.1, -0.05) is 43.0 Å². The van der Waals surface area contributed by atoms with Gasteiger partial charge in [0.1, 0.15) is 11.6 Å². The van der Waals surface area contributed by atoms with E-state index >= 15 is 0 Å². The number of para-hydroxylation sites is 2. The standard InChI is InChI=1S/C24H31N3O.H2S/c1-19-10-8-11-21-18-23(25-24(19)21)27(16-9-15-26(3)4)20(2)14-17-28-22-12-6-5-7-13-22;/h5-8,10-13H,2,9,14-18H2,1,3-4H3;1H2. The summed E-state index contributed by atoms with van der Waals surface area (Å²) in [5.74, 6) is 2.00. The Kier molecular flexibility index (Phi) is 8.80. The maximum Gasteiger partial charge on any atom is 0.119 e. The number of aliphatic imine (C=N–C) groups is 1. The third-order valence-electron chi connectivity index (χ3n) is 4.99. The molecule has 2 aromatic rings. The van der Waals surface area contributed by atoms with Crippen LogP contribution >= 0.6 is 13.5 Å². The molecule has 0 atom stereocenters. The van der Waals surface area contributed by atoms with Crippen molar-refractivity contribution >= 4 is 25.0 Å². The first kappa shape index (κ1) is 23.0. The van der Waals surface area contributed by atoms with Gasteiger partial charge >= 0.3 is 0 Å². The highest BCUT2D eigenvalue weighted by atomic mass is 32.1. The molecule has 1 aliphatic rings. The lowest BCUT2D eigenvalue weighted by atomic mass is 10.1. The molecule has 1 aliphatic heterocycles. The summed E-state index contributed by atoms with van der Waals surface area (Å²) in [6.45, 7) is 9.08. The molecule has 156 valence electrons. The van der Waals surface area contributed by atoms with E-state index in [1.807, 2.05) is 30.3 Å². The molecule has 0 aromatic heterocycles. The fourth-order valence-electron chi connectivity index (χ4n) is 3.47. The van der Waals surface area contributed by atoms with Gasteiger partial charge in [-0.3, -0.25) is 0 Å². The van der Waals surface area contributed by atoms with Gasteiger partial charge in [-0.25, -0.2) is 4.99 Å². The van der Waals surface area contributed by atoms with E-state index in [9.17, 15) is 0 Å². The van der Waals surface area contributed by atoms with Gasteiger partial charge in [0.15, 0.2) is 0 Å². The number of fused-ring (bicyclic) bond motifs is 1. The minimum Gasteiger partial charge on any atom is -0.493 e. The van der Waals surface area contributed by atoms with Gasteiger partial charge in [-0.15, -0.1) is 0 Å². The molecule has 29 heavy (non-hydrogen) atoms. The van der Waals surface area contributed by atoms with Crippen LogP contribution in [0, 0.1) is 6.92 Å². The summed E-state index contributed by atoms with van der Waals surface area (Å²) in [6, 6.07) is 16.4. The Hall–Kier alpha value is -2.24. The fourth-order valence-corrected chi connectivity index (χ4v) is 3.47. The average molecular weight is 412 g/mol. The van der Waals surface area contributed by atoms with Gasteiger partial charge < -0.3 is 14.5 Å². The van der Waals surface area contributed by atoms with E-state index in [0.29, 0.717) is 6.61 Å². The normalized spacial score (nSPS) is 12.2. The van der Waals surface area contributed by atoms with Crippen molar-refractivity contribution in [1.29, 1.82) is 0 Å².